The molecule has 1 aliphatic rings. The molecule has 1 aromatic carbocycles. The average molecular weight is 199 g/mol. The molecular formula is C13H13NO. The Hall–Kier alpha value is -1.75. The average Bonchev–Trinajstić information content (AvgIpc) is 2.27. The summed E-state index contributed by atoms with van der Waals surface area (Å²) in [6.45, 7) is 4.78. The molecule has 0 bridgehead atoms. The number of benzene rings is 1. The van der Waals surface area contributed by atoms with Crippen LogP contribution in [0.3, 0.4) is 0 Å². The summed E-state index contributed by atoms with van der Waals surface area (Å²) in [4.78, 5) is 0. The van der Waals surface area contributed by atoms with Gasteiger partial charge in [0, 0.05) is 5.56 Å². The molecule has 0 N–H and O–H groups in total. The molecule has 1 heterocycles. The highest BCUT2D eigenvalue weighted by molar-refractivity contribution is 5.81. The van der Waals surface area contributed by atoms with Crippen LogP contribution in [-0.4, -0.2) is 6.61 Å². The van der Waals surface area contributed by atoms with Crippen molar-refractivity contribution in [3.05, 3.63) is 35.4 Å². The van der Waals surface area contributed by atoms with Gasteiger partial charge in [-0.05, 0) is 29.7 Å². The van der Waals surface area contributed by atoms with E-state index >= 15 is 0 Å². The molecule has 0 amide bonds. The summed E-state index contributed by atoms with van der Waals surface area (Å²) in [5.41, 5.74) is 2.88. The Kier molecular flexibility index (Phi) is 2.47. The number of fused-ring (bicyclic) bond motifs is 1. The van der Waals surface area contributed by atoms with Gasteiger partial charge in [-0.2, -0.15) is 5.26 Å². The molecule has 15 heavy (non-hydrogen) atoms. The number of hydrogen-bond donors (Lipinski definition) is 0. The van der Waals surface area contributed by atoms with Crippen molar-refractivity contribution in [1.29, 1.82) is 5.26 Å². The summed E-state index contributed by atoms with van der Waals surface area (Å²) >= 11 is 0. The molecule has 2 heteroatoms. The van der Waals surface area contributed by atoms with E-state index in [-0.39, 0.29) is 0 Å². The van der Waals surface area contributed by atoms with Crippen LogP contribution in [0.5, 0.6) is 5.75 Å². The Bertz CT molecular complexity index is 452. The zero-order valence-electron chi connectivity index (χ0n) is 8.95. The van der Waals surface area contributed by atoms with Crippen LogP contribution >= 0.6 is 0 Å². The Labute approximate surface area is 89.8 Å². The van der Waals surface area contributed by atoms with E-state index in [0.29, 0.717) is 12.5 Å². The number of rotatable bonds is 1. The highest BCUT2D eigenvalue weighted by atomic mass is 16.5. The van der Waals surface area contributed by atoms with E-state index in [1.165, 1.54) is 5.56 Å². The van der Waals surface area contributed by atoms with Gasteiger partial charge in [0.2, 0.25) is 0 Å². The minimum Gasteiger partial charge on any atom is -0.489 e. The molecule has 0 saturated heterocycles. The summed E-state index contributed by atoms with van der Waals surface area (Å²) in [7, 11) is 0. The third-order valence-corrected chi connectivity index (χ3v) is 2.61. The van der Waals surface area contributed by atoms with E-state index in [0.717, 1.165) is 16.9 Å². The maximum Gasteiger partial charge on any atom is 0.128 e. The molecule has 0 saturated carbocycles. The van der Waals surface area contributed by atoms with Crippen molar-refractivity contribution in [2.45, 2.75) is 19.8 Å². The number of allylic oxidation sites excluding steroid dienone is 1. The van der Waals surface area contributed by atoms with Gasteiger partial charge in [-0.25, -0.2) is 0 Å². The monoisotopic (exact) mass is 199 g/mol. The van der Waals surface area contributed by atoms with E-state index in [2.05, 4.69) is 26.0 Å². The van der Waals surface area contributed by atoms with Crippen LogP contribution in [-0.2, 0) is 0 Å². The first-order valence-electron chi connectivity index (χ1n) is 5.09. The molecule has 0 fully saturated rings. The molecular weight excluding hydrogens is 186 g/mol. The van der Waals surface area contributed by atoms with Crippen molar-refractivity contribution in [3.63, 3.8) is 0 Å². The smallest absolute Gasteiger partial charge is 0.128 e. The fourth-order valence-electron chi connectivity index (χ4n) is 1.67. The Morgan fingerprint density at radius 3 is 2.87 bits per heavy atom. The summed E-state index contributed by atoms with van der Waals surface area (Å²) < 4.78 is 5.46. The highest BCUT2D eigenvalue weighted by Crippen LogP contribution is 2.32. The van der Waals surface area contributed by atoms with E-state index in [9.17, 15) is 0 Å². The molecule has 0 atom stereocenters. The van der Waals surface area contributed by atoms with Crippen molar-refractivity contribution in [2.75, 3.05) is 6.61 Å². The number of ether oxygens (including phenoxy) is 1. The zero-order valence-corrected chi connectivity index (χ0v) is 8.95. The van der Waals surface area contributed by atoms with Crippen LogP contribution in [0.1, 0.15) is 30.9 Å². The molecule has 2 nitrogen and oxygen atoms in total. The second-order valence-electron chi connectivity index (χ2n) is 3.95. The normalized spacial score (nSPS) is 13.9. The molecule has 1 aromatic rings. The molecule has 0 aliphatic carbocycles. The van der Waals surface area contributed by atoms with Crippen LogP contribution in [0.2, 0.25) is 0 Å². The second-order valence-corrected chi connectivity index (χ2v) is 3.95. The molecule has 0 spiro atoms. The minimum absolute atomic E-state index is 0.470. The number of hydrogen-bond acceptors (Lipinski definition) is 2. The van der Waals surface area contributed by atoms with Gasteiger partial charge in [0.05, 0.1) is 11.6 Å². The number of nitriles is 1. The molecule has 0 aromatic heterocycles. The lowest BCUT2D eigenvalue weighted by Gasteiger charge is -2.16. The van der Waals surface area contributed by atoms with E-state index in [1.807, 2.05) is 18.2 Å². The van der Waals surface area contributed by atoms with Gasteiger partial charge in [0.1, 0.15) is 12.4 Å². The maximum absolute atomic E-state index is 8.99. The largest absolute Gasteiger partial charge is 0.489 e. The van der Waals surface area contributed by atoms with Crippen molar-refractivity contribution >= 4 is 5.57 Å². The van der Waals surface area contributed by atoms with Crippen LogP contribution in [0.15, 0.2) is 24.3 Å². The van der Waals surface area contributed by atoms with Gasteiger partial charge >= 0.3 is 0 Å². The van der Waals surface area contributed by atoms with Crippen LogP contribution < -0.4 is 4.74 Å². The third-order valence-electron chi connectivity index (χ3n) is 2.61. The molecule has 0 unspecified atom stereocenters. The van der Waals surface area contributed by atoms with Gasteiger partial charge in [-0.3, -0.25) is 0 Å². The Morgan fingerprint density at radius 1 is 1.40 bits per heavy atom. The van der Waals surface area contributed by atoms with Gasteiger partial charge in [0.15, 0.2) is 0 Å². The van der Waals surface area contributed by atoms with Gasteiger partial charge in [-0.1, -0.05) is 19.9 Å². The maximum atomic E-state index is 8.99. The van der Waals surface area contributed by atoms with Gasteiger partial charge in [-0.15, -0.1) is 0 Å². The molecule has 76 valence electrons. The topological polar surface area (TPSA) is 33.0 Å². The quantitative estimate of drug-likeness (QED) is 0.696. The standard InChI is InChI=1S/C13H13NO/c1-9(2)10-3-4-13-12(7-10)11(8-14)5-6-15-13/h3-5,7,9H,6H2,1-2H3. The summed E-state index contributed by atoms with van der Waals surface area (Å²) in [5, 5.41) is 8.99. The van der Waals surface area contributed by atoms with Crippen LogP contribution in [0.4, 0.5) is 0 Å². The molecule has 2 rings (SSSR count). The SMILES string of the molecule is CC(C)c1ccc2c(c1)C(C#N)=CCO2. The predicted molar refractivity (Wildman–Crippen MR) is 59.6 cm³/mol. The Balaban J connectivity index is 2.52. The van der Waals surface area contributed by atoms with Crippen molar-refractivity contribution < 1.29 is 4.74 Å². The van der Waals surface area contributed by atoms with E-state index < -0.39 is 0 Å². The fourth-order valence-corrected chi connectivity index (χ4v) is 1.67. The predicted octanol–water partition coefficient (Wildman–Crippen LogP) is 3.11. The zero-order chi connectivity index (χ0) is 10.8. The van der Waals surface area contributed by atoms with E-state index in [1.54, 1.807) is 0 Å². The first-order valence-corrected chi connectivity index (χ1v) is 5.09. The van der Waals surface area contributed by atoms with Gasteiger partial charge < -0.3 is 4.74 Å². The van der Waals surface area contributed by atoms with Crippen LogP contribution in [0.25, 0.3) is 5.57 Å². The van der Waals surface area contributed by atoms with Crippen LogP contribution in [0, 0.1) is 11.3 Å². The lowest BCUT2D eigenvalue weighted by Crippen LogP contribution is -2.04. The highest BCUT2D eigenvalue weighted by Gasteiger charge is 2.14. The third kappa shape index (κ3) is 1.73. The summed E-state index contributed by atoms with van der Waals surface area (Å²) in [6, 6.07) is 8.27. The first kappa shape index (κ1) is 9.79. The first-order chi connectivity index (χ1) is 7.22. The second kappa shape index (κ2) is 3.78. The minimum atomic E-state index is 0.470. The summed E-state index contributed by atoms with van der Waals surface area (Å²) in [6.07, 6.45) is 1.83. The molecule has 1 aliphatic heterocycles. The number of nitrogens with zero attached hydrogens (tertiary/aromatic N) is 1. The van der Waals surface area contributed by atoms with Gasteiger partial charge in [0.25, 0.3) is 0 Å². The summed E-state index contributed by atoms with van der Waals surface area (Å²) in [5.74, 6) is 1.29. The van der Waals surface area contributed by atoms with Crippen molar-refractivity contribution in [2.24, 2.45) is 0 Å². The van der Waals surface area contributed by atoms with E-state index in [4.69, 9.17) is 10.00 Å². The van der Waals surface area contributed by atoms with Crippen molar-refractivity contribution in [3.8, 4) is 11.8 Å². The Morgan fingerprint density at radius 2 is 2.20 bits per heavy atom. The fraction of sp³-hybridized carbons (Fsp3) is 0.308. The van der Waals surface area contributed by atoms with Crippen molar-refractivity contribution in [1.82, 2.24) is 0 Å². The lowest BCUT2D eigenvalue weighted by molar-refractivity contribution is 0.357. The molecule has 0 radical (unpaired) electrons. The lowest BCUT2D eigenvalue weighted by atomic mass is 9.96.